The maximum absolute atomic E-state index is 11.7. The first kappa shape index (κ1) is 11.0. The predicted octanol–water partition coefficient (Wildman–Crippen LogP) is 1.14. The van der Waals surface area contributed by atoms with Crippen molar-refractivity contribution in [1.82, 2.24) is 4.90 Å². The maximum Gasteiger partial charge on any atom is 0.236 e. The second-order valence-electron chi connectivity index (χ2n) is 3.39. The second kappa shape index (κ2) is 4.96. The van der Waals surface area contributed by atoms with Crippen molar-refractivity contribution in [1.29, 1.82) is 0 Å². The Bertz CT molecular complexity index is 186. The number of nitrogens with zero attached hydrogens (tertiary/aromatic N) is 1. The monoisotopic (exact) mass is 249 g/mol. The van der Waals surface area contributed by atoms with Crippen molar-refractivity contribution in [3.63, 3.8) is 0 Å². The van der Waals surface area contributed by atoms with Gasteiger partial charge in [0.15, 0.2) is 0 Å². The number of aliphatic hydroxyl groups is 1. The van der Waals surface area contributed by atoms with Gasteiger partial charge in [0.05, 0.1) is 17.5 Å². The number of amides is 1. The summed E-state index contributed by atoms with van der Waals surface area (Å²) < 4.78 is 0. The van der Waals surface area contributed by atoms with Crippen LogP contribution in [0.4, 0.5) is 0 Å². The third-order valence-corrected chi connectivity index (χ3v) is 3.54. The first-order valence-electron chi connectivity index (χ1n) is 4.76. The minimum absolute atomic E-state index is 0.0547. The average Bonchev–Trinajstić information content (AvgIpc) is 2.62. The number of hydrogen-bond donors (Lipinski definition) is 1. The summed E-state index contributed by atoms with van der Waals surface area (Å²) in [6.07, 6.45) is 2.75. The van der Waals surface area contributed by atoms with Crippen LogP contribution in [0, 0.1) is 0 Å². The number of alkyl halides is 1. The fourth-order valence-corrected chi connectivity index (χ4v) is 1.93. The molecule has 1 aliphatic rings. The SMILES string of the molecule is CCC(Br)C(=O)N1CCCC1CO. The lowest BCUT2D eigenvalue weighted by atomic mass is 10.2. The van der Waals surface area contributed by atoms with E-state index in [4.69, 9.17) is 5.11 Å². The van der Waals surface area contributed by atoms with Gasteiger partial charge in [0.25, 0.3) is 0 Å². The largest absolute Gasteiger partial charge is 0.394 e. The number of likely N-dealkylation sites (tertiary alicyclic amines) is 1. The van der Waals surface area contributed by atoms with Crippen molar-refractivity contribution in [2.75, 3.05) is 13.2 Å². The van der Waals surface area contributed by atoms with E-state index in [0.29, 0.717) is 0 Å². The van der Waals surface area contributed by atoms with Crippen molar-refractivity contribution in [2.24, 2.45) is 0 Å². The van der Waals surface area contributed by atoms with Crippen LogP contribution in [-0.2, 0) is 4.79 Å². The molecule has 1 saturated heterocycles. The molecule has 2 unspecified atom stereocenters. The van der Waals surface area contributed by atoms with Gasteiger partial charge in [0, 0.05) is 6.54 Å². The molecule has 0 aromatic heterocycles. The number of carbonyl (C=O) groups is 1. The Morgan fingerprint density at radius 3 is 3.00 bits per heavy atom. The van der Waals surface area contributed by atoms with Gasteiger partial charge in [-0.3, -0.25) is 4.79 Å². The Morgan fingerprint density at radius 1 is 1.77 bits per heavy atom. The number of hydrogen-bond acceptors (Lipinski definition) is 2. The van der Waals surface area contributed by atoms with Gasteiger partial charge in [-0.1, -0.05) is 22.9 Å². The molecule has 2 atom stereocenters. The fourth-order valence-electron chi connectivity index (χ4n) is 1.67. The highest BCUT2D eigenvalue weighted by Crippen LogP contribution is 2.20. The molecule has 13 heavy (non-hydrogen) atoms. The van der Waals surface area contributed by atoms with Crippen LogP contribution < -0.4 is 0 Å². The lowest BCUT2D eigenvalue weighted by Gasteiger charge is -2.24. The van der Waals surface area contributed by atoms with Crippen LogP contribution in [0.5, 0.6) is 0 Å². The molecular formula is C9H16BrNO2. The molecule has 0 bridgehead atoms. The van der Waals surface area contributed by atoms with Gasteiger partial charge in [-0.25, -0.2) is 0 Å². The summed E-state index contributed by atoms with van der Waals surface area (Å²) in [5.74, 6) is 0.124. The minimum Gasteiger partial charge on any atom is -0.394 e. The van der Waals surface area contributed by atoms with E-state index in [1.54, 1.807) is 4.90 Å². The zero-order chi connectivity index (χ0) is 9.84. The zero-order valence-corrected chi connectivity index (χ0v) is 9.46. The third kappa shape index (κ3) is 2.44. The number of rotatable bonds is 3. The summed E-state index contributed by atoms with van der Waals surface area (Å²) in [7, 11) is 0. The molecule has 0 spiro atoms. The van der Waals surface area contributed by atoms with Crippen molar-refractivity contribution in [2.45, 2.75) is 37.1 Å². The lowest BCUT2D eigenvalue weighted by Crippen LogP contribution is -2.41. The Morgan fingerprint density at radius 2 is 2.46 bits per heavy atom. The van der Waals surface area contributed by atoms with Gasteiger partial charge in [0.2, 0.25) is 5.91 Å². The van der Waals surface area contributed by atoms with E-state index < -0.39 is 0 Å². The van der Waals surface area contributed by atoms with E-state index >= 15 is 0 Å². The van der Waals surface area contributed by atoms with Gasteiger partial charge in [0.1, 0.15) is 0 Å². The zero-order valence-electron chi connectivity index (χ0n) is 7.87. The molecule has 4 heteroatoms. The summed E-state index contributed by atoms with van der Waals surface area (Å²) in [4.78, 5) is 13.4. The Labute approximate surface area is 87.2 Å². The first-order valence-corrected chi connectivity index (χ1v) is 5.67. The van der Waals surface area contributed by atoms with Gasteiger partial charge >= 0.3 is 0 Å². The van der Waals surface area contributed by atoms with Gasteiger partial charge in [-0.05, 0) is 19.3 Å². The normalized spacial score (nSPS) is 24.8. The van der Waals surface area contributed by atoms with E-state index in [1.807, 2.05) is 6.92 Å². The topological polar surface area (TPSA) is 40.5 Å². The summed E-state index contributed by atoms with van der Waals surface area (Å²) >= 11 is 3.34. The van der Waals surface area contributed by atoms with Gasteiger partial charge < -0.3 is 10.0 Å². The molecule has 1 rings (SSSR count). The van der Waals surface area contributed by atoms with E-state index in [9.17, 15) is 4.79 Å². The van der Waals surface area contributed by atoms with Gasteiger partial charge in [-0.15, -0.1) is 0 Å². The molecule has 1 heterocycles. The highest BCUT2D eigenvalue weighted by molar-refractivity contribution is 9.10. The molecule has 0 radical (unpaired) electrons. The van der Waals surface area contributed by atoms with Crippen molar-refractivity contribution in [3.05, 3.63) is 0 Å². The van der Waals surface area contributed by atoms with Crippen molar-refractivity contribution >= 4 is 21.8 Å². The minimum atomic E-state index is -0.0837. The van der Waals surface area contributed by atoms with Crippen molar-refractivity contribution < 1.29 is 9.90 Å². The molecule has 0 aromatic rings. The smallest absolute Gasteiger partial charge is 0.236 e. The molecule has 1 N–H and O–H groups in total. The van der Waals surface area contributed by atoms with Crippen LogP contribution in [0.25, 0.3) is 0 Å². The van der Waals surface area contributed by atoms with Gasteiger partial charge in [-0.2, -0.15) is 0 Å². The van der Waals surface area contributed by atoms with Crippen molar-refractivity contribution in [3.8, 4) is 0 Å². The first-order chi connectivity index (χ1) is 6.20. The van der Waals surface area contributed by atoms with E-state index in [2.05, 4.69) is 15.9 Å². The van der Waals surface area contributed by atoms with Crippen LogP contribution in [-0.4, -0.2) is 39.9 Å². The maximum atomic E-state index is 11.7. The molecule has 1 amide bonds. The van der Waals surface area contributed by atoms with Crippen LogP contribution >= 0.6 is 15.9 Å². The molecule has 1 fully saturated rings. The summed E-state index contributed by atoms with van der Waals surface area (Å²) in [6.45, 7) is 2.86. The molecule has 0 aliphatic carbocycles. The summed E-state index contributed by atoms with van der Waals surface area (Å²) in [5.41, 5.74) is 0. The highest BCUT2D eigenvalue weighted by atomic mass is 79.9. The Hall–Kier alpha value is -0.0900. The number of carbonyl (C=O) groups excluding carboxylic acids is 1. The number of aliphatic hydroxyl groups excluding tert-OH is 1. The molecule has 76 valence electrons. The average molecular weight is 250 g/mol. The number of halogens is 1. The van der Waals surface area contributed by atoms with E-state index in [0.717, 1.165) is 25.8 Å². The predicted molar refractivity (Wildman–Crippen MR) is 54.8 cm³/mol. The van der Waals surface area contributed by atoms with E-state index in [1.165, 1.54) is 0 Å². The van der Waals surface area contributed by atoms with Crippen LogP contribution in [0.2, 0.25) is 0 Å². The molecule has 3 nitrogen and oxygen atoms in total. The summed E-state index contributed by atoms with van der Waals surface area (Å²) in [6, 6.07) is 0.0547. The second-order valence-corrected chi connectivity index (χ2v) is 4.49. The van der Waals surface area contributed by atoms with Crippen LogP contribution in [0.15, 0.2) is 0 Å². The lowest BCUT2D eigenvalue weighted by molar-refractivity contribution is -0.132. The molecular weight excluding hydrogens is 234 g/mol. The third-order valence-electron chi connectivity index (χ3n) is 2.50. The van der Waals surface area contributed by atoms with Crippen LogP contribution in [0.3, 0.4) is 0 Å². The molecule has 0 saturated carbocycles. The quantitative estimate of drug-likeness (QED) is 0.763. The van der Waals surface area contributed by atoms with E-state index in [-0.39, 0.29) is 23.4 Å². The Balaban J connectivity index is 2.54. The Kier molecular flexibility index (Phi) is 4.19. The van der Waals surface area contributed by atoms with Crippen LogP contribution in [0.1, 0.15) is 26.2 Å². The molecule has 1 aliphatic heterocycles. The standard InChI is InChI=1S/C9H16BrNO2/c1-2-8(10)9(13)11-5-3-4-7(11)6-12/h7-8,12H,2-6H2,1H3. The molecule has 0 aromatic carbocycles. The summed E-state index contributed by atoms with van der Waals surface area (Å²) in [5, 5.41) is 9.03. The fraction of sp³-hybridized carbons (Fsp3) is 0.889. The highest BCUT2D eigenvalue weighted by Gasteiger charge is 2.30.